The Labute approximate surface area is 164 Å². The maximum atomic E-state index is 12.5. The van der Waals surface area contributed by atoms with Crippen molar-refractivity contribution < 1.29 is 4.79 Å². The van der Waals surface area contributed by atoms with Crippen LogP contribution in [0.4, 0.5) is 17.3 Å². The summed E-state index contributed by atoms with van der Waals surface area (Å²) in [6.07, 6.45) is 3.90. The van der Waals surface area contributed by atoms with Crippen molar-refractivity contribution >= 4 is 23.2 Å². The normalized spacial score (nSPS) is 14.0. The van der Waals surface area contributed by atoms with Gasteiger partial charge in [0.05, 0.1) is 6.42 Å². The van der Waals surface area contributed by atoms with Crippen molar-refractivity contribution in [2.45, 2.75) is 6.42 Å². The molecule has 1 aromatic carbocycles. The molecule has 0 unspecified atom stereocenters. The number of aromatic nitrogens is 3. The second-order valence-corrected chi connectivity index (χ2v) is 6.67. The molecule has 0 radical (unpaired) electrons. The van der Waals surface area contributed by atoms with Crippen LogP contribution in [0, 0.1) is 0 Å². The molecule has 0 aliphatic carbocycles. The van der Waals surface area contributed by atoms with E-state index in [9.17, 15) is 4.79 Å². The summed E-state index contributed by atoms with van der Waals surface area (Å²) in [5.74, 6) is 1.69. The zero-order valence-corrected chi connectivity index (χ0v) is 15.5. The lowest BCUT2D eigenvalue weighted by Crippen LogP contribution is -2.49. The summed E-state index contributed by atoms with van der Waals surface area (Å²) in [6, 6.07) is 17.5. The fourth-order valence-corrected chi connectivity index (χ4v) is 3.21. The van der Waals surface area contributed by atoms with Crippen LogP contribution in [0.1, 0.15) is 5.56 Å². The predicted octanol–water partition coefficient (Wildman–Crippen LogP) is 2.51. The number of anilines is 3. The highest BCUT2D eigenvalue weighted by Crippen LogP contribution is 2.17. The molecule has 3 heterocycles. The van der Waals surface area contributed by atoms with Crippen molar-refractivity contribution in [1.29, 1.82) is 0 Å². The maximum absolute atomic E-state index is 12.5. The number of carbonyl (C=O) groups excluding carboxylic acids is 1. The number of pyridine rings is 1. The minimum absolute atomic E-state index is 0.175. The molecule has 0 saturated carbocycles. The average Bonchev–Trinajstić information content (AvgIpc) is 2.76. The lowest BCUT2D eigenvalue weighted by Gasteiger charge is -2.35. The molecule has 0 atom stereocenters. The highest BCUT2D eigenvalue weighted by Gasteiger charge is 2.22. The van der Waals surface area contributed by atoms with Gasteiger partial charge in [0.2, 0.25) is 5.91 Å². The SMILES string of the molecule is O=C(Cc1ccccc1)N1CCN(c2ccc(Nc3ccncc3)nn2)CC1. The van der Waals surface area contributed by atoms with Crippen LogP contribution in [0.15, 0.2) is 67.0 Å². The summed E-state index contributed by atoms with van der Waals surface area (Å²) in [5.41, 5.74) is 1.97. The Balaban J connectivity index is 1.30. The van der Waals surface area contributed by atoms with E-state index in [0.717, 1.165) is 30.2 Å². The Morgan fingerprint density at radius 1 is 0.893 bits per heavy atom. The monoisotopic (exact) mass is 374 g/mol. The zero-order chi connectivity index (χ0) is 19.2. The molecule has 3 aromatic rings. The van der Waals surface area contributed by atoms with E-state index in [1.807, 2.05) is 59.5 Å². The van der Waals surface area contributed by atoms with E-state index in [0.29, 0.717) is 25.3 Å². The van der Waals surface area contributed by atoms with Crippen LogP contribution in [-0.4, -0.2) is 52.2 Å². The summed E-state index contributed by atoms with van der Waals surface area (Å²) < 4.78 is 0. The van der Waals surface area contributed by atoms with E-state index in [4.69, 9.17) is 0 Å². The van der Waals surface area contributed by atoms with E-state index >= 15 is 0 Å². The lowest BCUT2D eigenvalue weighted by molar-refractivity contribution is -0.130. The van der Waals surface area contributed by atoms with Crippen LogP contribution in [0.2, 0.25) is 0 Å². The minimum atomic E-state index is 0.175. The average molecular weight is 374 g/mol. The third-order valence-electron chi connectivity index (χ3n) is 4.76. The molecule has 0 bridgehead atoms. The summed E-state index contributed by atoms with van der Waals surface area (Å²) in [4.78, 5) is 20.6. The van der Waals surface area contributed by atoms with Crippen LogP contribution in [0.25, 0.3) is 0 Å². The van der Waals surface area contributed by atoms with Gasteiger partial charge in [0, 0.05) is 44.3 Å². The van der Waals surface area contributed by atoms with Gasteiger partial charge in [0.1, 0.15) is 0 Å². The van der Waals surface area contributed by atoms with E-state index in [1.54, 1.807) is 12.4 Å². The Kier molecular flexibility index (Phi) is 5.42. The summed E-state index contributed by atoms with van der Waals surface area (Å²) >= 11 is 0. The molecule has 1 aliphatic rings. The van der Waals surface area contributed by atoms with Gasteiger partial charge in [0.15, 0.2) is 11.6 Å². The second-order valence-electron chi connectivity index (χ2n) is 6.67. The van der Waals surface area contributed by atoms with Crippen molar-refractivity contribution in [3.63, 3.8) is 0 Å². The van der Waals surface area contributed by atoms with Crippen molar-refractivity contribution in [1.82, 2.24) is 20.1 Å². The van der Waals surface area contributed by atoms with Gasteiger partial charge in [-0.15, -0.1) is 10.2 Å². The van der Waals surface area contributed by atoms with Crippen LogP contribution in [-0.2, 0) is 11.2 Å². The first-order chi connectivity index (χ1) is 13.8. The Morgan fingerprint density at radius 3 is 2.32 bits per heavy atom. The summed E-state index contributed by atoms with van der Waals surface area (Å²) in [5, 5.41) is 11.8. The standard InChI is InChI=1S/C21H22N6O/c28-21(16-17-4-2-1-3-5-17)27-14-12-26(13-15-27)20-7-6-19(24-25-20)23-18-8-10-22-11-9-18/h1-11H,12-16H2,(H,22,23,24). The zero-order valence-electron chi connectivity index (χ0n) is 15.5. The van der Waals surface area contributed by atoms with E-state index < -0.39 is 0 Å². The summed E-state index contributed by atoms with van der Waals surface area (Å²) in [6.45, 7) is 2.91. The molecule has 0 spiro atoms. The molecule has 142 valence electrons. The maximum Gasteiger partial charge on any atom is 0.227 e. The first-order valence-corrected chi connectivity index (χ1v) is 9.35. The van der Waals surface area contributed by atoms with E-state index in [-0.39, 0.29) is 5.91 Å². The van der Waals surface area contributed by atoms with Gasteiger partial charge in [-0.05, 0) is 29.8 Å². The highest BCUT2D eigenvalue weighted by atomic mass is 16.2. The number of rotatable bonds is 5. The van der Waals surface area contributed by atoms with Gasteiger partial charge < -0.3 is 15.1 Å². The quantitative estimate of drug-likeness (QED) is 0.740. The number of benzene rings is 1. The number of hydrogen-bond donors (Lipinski definition) is 1. The smallest absolute Gasteiger partial charge is 0.227 e. The molecule has 1 N–H and O–H groups in total. The van der Waals surface area contributed by atoms with Crippen LogP contribution in [0.5, 0.6) is 0 Å². The van der Waals surface area contributed by atoms with Crippen molar-refractivity contribution in [2.24, 2.45) is 0 Å². The molecule has 1 aliphatic heterocycles. The Bertz CT molecular complexity index is 893. The van der Waals surface area contributed by atoms with Crippen molar-refractivity contribution in [3.05, 3.63) is 72.6 Å². The molecule has 1 amide bonds. The van der Waals surface area contributed by atoms with Gasteiger partial charge in [-0.2, -0.15) is 0 Å². The van der Waals surface area contributed by atoms with Crippen LogP contribution in [0.3, 0.4) is 0 Å². The number of nitrogens with one attached hydrogen (secondary N) is 1. The number of nitrogens with zero attached hydrogens (tertiary/aromatic N) is 5. The van der Waals surface area contributed by atoms with E-state index in [1.165, 1.54) is 0 Å². The second kappa shape index (κ2) is 8.47. The molecule has 28 heavy (non-hydrogen) atoms. The number of carbonyl (C=O) groups is 1. The number of amides is 1. The predicted molar refractivity (Wildman–Crippen MR) is 108 cm³/mol. The van der Waals surface area contributed by atoms with Crippen LogP contribution < -0.4 is 10.2 Å². The molecule has 2 aromatic heterocycles. The third-order valence-corrected chi connectivity index (χ3v) is 4.76. The lowest BCUT2D eigenvalue weighted by atomic mass is 10.1. The van der Waals surface area contributed by atoms with Gasteiger partial charge in [-0.3, -0.25) is 9.78 Å². The molecule has 7 nitrogen and oxygen atoms in total. The van der Waals surface area contributed by atoms with Crippen molar-refractivity contribution in [3.8, 4) is 0 Å². The van der Waals surface area contributed by atoms with Crippen LogP contribution >= 0.6 is 0 Å². The molecule has 7 heteroatoms. The Hall–Kier alpha value is -3.48. The van der Waals surface area contributed by atoms with Gasteiger partial charge in [-0.1, -0.05) is 30.3 Å². The van der Waals surface area contributed by atoms with Gasteiger partial charge >= 0.3 is 0 Å². The fraction of sp³-hybridized carbons (Fsp3) is 0.238. The molecule has 1 fully saturated rings. The first kappa shape index (κ1) is 17.9. The summed E-state index contributed by atoms with van der Waals surface area (Å²) in [7, 11) is 0. The molecular formula is C21H22N6O. The van der Waals surface area contributed by atoms with E-state index in [2.05, 4.69) is 25.4 Å². The van der Waals surface area contributed by atoms with Gasteiger partial charge in [0.25, 0.3) is 0 Å². The molecular weight excluding hydrogens is 352 g/mol. The third kappa shape index (κ3) is 4.43. The van der Waals surface area contributed by atoms with Gasteiger partial charge in [-0.25, -0.2) is 0 Å². The number of hydrogen-bond acceptors (Lipinski definition) is 6. The van der Waals surface area contributed by atoms with Crippen molar-refractivity contribution in [2.75, 3.05) is 36.4 Å². The largest absolute Gasteiger partial charge is 0.352 e. The molecule has 4 rings (SSSR count). The first-order valence-electron chi connectivity index (χ1n) is 9.35. The minimum Gasteiger partial charge on any atom is -0.352 e. The number of piperazine rings is 1. The fourth-order valence-electron chi connectivity index (χ4n) is 3.21. The molecule has 1 saturated heterocycles. The highest BCUT2D eigenvalue weighted by molar-refractivity contribution is 5.79. The topological polar surface area (TPSA) is 74.2 Å². The Morgan fingerprint density at radius 2 is 1.64 bits per heavy atom.